The predicted molar refractivity (Wildman–Crippen MR) is 108 cm³/mol. The van der Waals surface area contributed by atoms with Crippen molar-refractivity contribution in [3.8, 4) is 0 Å². The second-order valence-corrected chi connectivity index (χ2v) is 8.79. The highest BCUT2D eigenvalue weighted by molar-refractivity contribution is 5.99. The molecular weight excluding hydrogens is 370 g/mol. The highest BCUT2D eigenvalue weighted by Crippen LogP contribution is 2.33. The molecule has 2 aliphatic rings. The van der Waals surface area contributed by atoms with Gasteiger partial charge in [0, 0.05) is 17.4 Å². The van der Waals surface area contributed by atoms with E-state index < -0.39 is 11.6 Å². The van der Waals surface area contributed by atoms with Gasteiger partial charge in [0.25, 0.3) is 0 Å². The van der Waals surface area contributed by atoms with Crippen molar-refractivity contribution in [2.75, 3.05) is 13.2 Å². The highest BCUT2D eigenvalue weighted by Gasteiger charge is 2.54. The van der Waals surface area contributed by atoms with Crippen molar-refractivity contribution in [1.29, 1.82) is 0 Å². The summed E-state index contributed by atoms with van der Waals surface area (Å²) >= 11 is 0. The lowest BCUT2D eigenvalue weighted by Gasteiger charge is -2.30. The first-order valence-electron chi connectivity index (χ1n) is 10.5. The third-order valence-electron chi connectivity index (χ3n) is 6.01. The average Bonchev–Trinajstić information content (AvgIpc) is 3.54. The summed E-state index contributed by atoms with van der Waals surface area (Å²) < 4.78 is 5.20. The first-order valence-corrected chi connectivity index (χ1v) is 10.5. The molecule has 1 aliphatic carbocycles. The van der Waals surface area contributed by atoms with Crippen molar-refractivity contribution in [3.63, 3.8) is 0 Å². The summed E-state index contributed by atoms with van der Waals surface area (Å²) in [5.41, 5.74) is -0.465. The van der Waals surface area contributed by atoms with Gasteiger partial charge in [0.1, 0.15) is 0 Å². The van der Waals surface area contributed by atoms with Gasteiger partial charge >= 0.3 is 0 Å². The number of rotatable bonds is 9. The van der Waals surface area contributed by atoms with E-state index in [0.717, 1.165) is 12.8 Å². The molecule has 29 heavy (non-hydrogen) atoms. The van der Waals surface area contributed by atoms with Gasteiger partial charge in [0.15, 0.2) is 17.2 Å². The molecule has 3 unspecified atom stereocenters. The summed E-state index contributed by atoms with van der Waals surface area (Å²) in [7, 11) is 0. The lowest BCUT2D eigenvalue weighted by Crippen LogP contribution is -2.50. The van der Waals surface area contributed by atoms with Gasteiger partial charge in [-0.3, -0.25) is 14.4 Å². The van der Waals surface area contributed by atoms with Crippen LogP contribution in [-0.4, -0.2) is 47.4 Å². The van der Waals surface area contributed by atoms with Crippen LogP contribution in [0.2, 0.25) is 0 Å². The van der Waals surface area contributed by atoms with Crippen molar-refractivity contribution in [2.24, 2.45) is 17.8 Å². The molecule has 2 fully saturated rings. The van der Waals surface area contributed by atoms with Crippen LogP contribution < -0.4 is 5.32 Å². The quantitative estimate of drug-likeness (QED) is 0.490. The van der Waals surface area contributed by atoms with E-state index >= 15 is 0 Å². The first-order chi connectivity index (χ1) is 13.9. The Hall–Kier alpha value is -2.05. The van der Waals surface area contributed by atoms with E-state index in [0.29, 0.717) is 24.8 Å². The highest BCUT2D eigenvalue weighted by atomic mass is 16.6. The average molecular weight is 402 g/mol. The lowest BCUT2D eigenvalue weighted by atomic mass is 9.77. The number of epoxide rings is 1. The van der Waals surface area contributed by atoms with Crippen molar-refractivity contribution >= 4 is 17.5 Å². The van der Waals surface area contributed by atoms with Crippen molar-refractivity contribution in [1.82, 2.24) is 5.32 Å². The molecule has 0 spiro atoms. The van der Waals surface area contributed by atoms with Gasteiger partial charge in [0.2, 0.25) is 5.91 Å². The second kappa shape index (κ2) is 9.18. The van der Waals surface area contributed by atoms with Crippen LogP contribution in [0.3, 0.4) is 0 Å². The molecule has 6 heteroatoms. The Labute approximate surface area is 172 Å². The van der Waals surface area contributed by atoms with Crippen LogP contribution in [0.15, 0.2) is 30.3 Å². The lowest BCUT2D eigenvalue weighted by molar-refractivity contribution is -0.134. The second-order valence-electron chi connectivity index (χ2n) is 8.79. The zero-order valence-corrected chi connectivity index (χ0v) is 17.2. The number of hydrogen-bond acceptors (Lipinski definition) is 5. The smallest absolute Gasteiger partial charge is 0.223 e. The summed E-state index contributed by atoms with van der Waals surface area (Å²) in [4.78, 5) is 38.6. The van der Waals surface area contributed by atoms with E-state index in [1.165, 1.54) is 0 Å². The maximum Gasteiger partial charge on any atom is 0.223 e. The van der Waals surface area contributed by atoms with Crippen LogP contribution in [0.5, 0.6) is 0 Å². The van der Waals surface area contributed by atoms with Crippen LogP contribution in [0.4, 0.5) is 0 Å². The molecule has 0 radical (unpaired) electrons. The molecule has 3 rings (SSSR count). The first kappa shape index (κ1) is 21.7. The molecule has 1 aromatic rings. The van der Waals surface area contributed by atoms with Gasteiger partial charge < -0.3 is 15.2 Å². The summed E-state index contributed by atoms with van der Waals surface area (Å²) in [6.07, 6.45) is 3.31. The zero-order valence-electron chi connectivity index (χ0n) is 17.2. The van der Waals surface area contributed by atoms with Crippen LogP contribution in [0.25, 0.3) is 0 Å². The maximum atomic E-state index is 13.0. The molecule has 6 nitrogen and oxygen atoms in total. The number of carbonyl (C=O) groups excluding carboxylic acids is 3. The third kappa shape index (κ3) is 5.11. The normalized spacial score (nSPS) is 27.3. The van der Waals surface area contributed by atoms with Crippen LogP contribution in [0, 0.1) is 17.8 Å². The van der Waals surface area contributed by atoms with Crippen molar-refractivity contribution in [3.05, 3.63) is 35.9 Å². The van der Waals surface area contributed by atoms with Crippen LogP contribution in [-0.2, 0) is 14.3 Å². The Morgan fingerprint density at radius 1 is 1.17 bits per heavy atom. The van der Waals surface area contributed by atoms with E-state index in [9.17, 15) is 19.5 Å². The molecule has 1 heterocycles. The molecule has 158 valence electrons. The van der Waals surface area contributed by atoms with Gasteiger partial charge in [-0.2, -0.15) is 0 Å². The molecule has 1 aromatic carbocycles. The Balaban J connectivity index is 1.64. The number of ketones is 2. The molecule has 1 amide bonds. The van der Waals surface area contributed by atoms with Crippen molar-refractivity contribution in [2.45, 2.75) is 57.6 Å². The largest absolute Gasteiger partial charge is 0.393 e. The SMILES string of the molecule is CC(C)CC(NC(=O)C1CCC[C@H](C(=O)c2ccccc2)C1)C(=O)C1(CO)CO1. The number of benzene rings is 1. The fraction of sp³-hybridized carbons (Fsp3) is 0.609. The summed E-state index contributed by atoms with van der Waals surface area (Å²) in [5.74, 6) is -0.593. The number of nitrogens with one attached hydrogen (secondary N) is 1. The van der Waals surface area contributed by atoms with Crippen molar-refractivity contribution < 1.29 is 24.2 Å². The minimum Gasteiger partial charge on any atom is -0.393 e. The Kier molecular flexibility index (Phi) is 6.85. The maximum absolute atomic E-state index is 13.0. The molecule has 2 N–H and O–H groups in total. The molecule has 1 saturated heterocycles. The van der Waals surface area contributed by atoms with Gasteiger partial charge in [-0.15, -0.1) is 0 Å². The van der Waals surface area contributed by atoms with Gasteiger partial charge in [-0.05, 0) is 31.6 Å². The number of aliphatic hydroxyl groups is 1. The van der Waals surface area contributed by atoms with Crippen LogP contribution >= 0.6 is 0 Å². The summed E-state index contributed by atoms with van der Waals surface area (Å²) in [5, 5.41) is 12.4. The molecule has 4 atom stereocenters. The molecular formula is C23H31NO5. The Bertz CT molecular complexity index is 741. The minimum atomic E-state index is -1.15. The number of hydrogen-bond donors (Lipinski definition) is 2. The van der Waals surface area contributed by atoms with Crippen LogP contribution in [0.1, 0.15) is 56.3 Å². The Morgan fingerprint density at radius 2 is 1.83 bits per heavy atom. The zero-order chi connectivity index (χ0) is 21.0. The number of carbonyl (C=O) groups is 3. The number of ether oxygens (including phenoxy) is 1. The molecule has 1 saturated carbocycles. The standard InChI is InChI=1S/C23H31NO5/c1-15(2)11-19(21(27)23(13-25)14-29-23)24-22(28)18-10-6-9-17(12-18)20(26)16-7-4-3-5-8-16/h3-5,7-8,15,17-19,25H,6,9-14H2,1-2H3,(H,24,28)/t17-,18?,19?,23?/m0/s1. The van der Waals surface area contributed by atoms with E-state index in [1.54, 1.807) is 0 Å². The van der Waals surface area contributed by atoms with Gasteiger partial charge in [-0.1, -0.05) is 50.6 Å². The number of amides is 1. The summed E-state index contributed by atoms with van der Waals surface area (Å²) in [6.45, 7) is 3.80. The van der Waals surface area contributed by atoms with E-state index in [-0.39, 0.29) is 48.4 Å². The molecule has 0 bridgehead atoms. The fourth-order valence-electron chi connectivity index (χ4n) is 4.21. The number of Topliss-reactive ketones (excluding diaryl/α,β-unsaturated/α-hetero) is 2. The molecule has 0 aromatic heterocycles. The summed E-state index contributed by atoms with van der Waals surface area (Å²) in [6, 6.07) is 8.52. The third-order valence-corrected chi connectivity index (χ3v) is 6.01. The minimum absolute atomic E-state index is 0.0866. The number of aliphatic hydroxyl groups excluding tert-OH is 1. The monoisotopic (exact) mass is 401 g/mol. The topological polar surface area (TPSA) is 96.0 Å². The predicted octanol–water partition coefficient (Wildman–Crippen LogP) is 2.54. The van der Waals surface area contributed by atoms with Gasteiger partial charge in [0.05, 0.1) is 19.3 Å². The van der Waals surface area contributed by atoms with E-state index in [4.69, 9.17) is 4.74 Å². The van der Waals surface area contributed by atoms with Gasteiger partial charge in [-0.25, -0.2) is 0 Å². The molecule has 1 aliphatic heterocycles. The fourth-order valence-corrected chi connectivity index (χ4v) is 4.21. The van der Waals surface area contributed by atoms with E-state index in [1.807, 2.05) is 44.2 Å². The Morgan fingerprint density at radius 3 is 2.41 bits per heavy atom. The van der Waals surface area contributed by atoms with E-state index in [2.05, 4.69) is 5.32 Å².